The number of carboxylic acids is 1. The molecule has 2 aromatic rings. The minimum Gasteiger partial charge on any atom is -0.495 e. The van der Waals surface area contributed by atoms with Gasteiger partial charge in [-0.05, 0) is 30.3 Å². The lowest BCUT2D eigenvalue weighted by Crippen LogP contribution is -2.21. The molecule has 0 heterocycles. The molecule has 0 radical (unpaired) electrons. The van der Waals surface area contributed by atoms with Gasteiger partial charge in [0, 0.05) is 15.6 Å². The molecule has 0 aromatic heterocycles. The molecule has 0 saturated carbocycles. The number of ether oxygens (including phenoxy) is 1. The molecule has 0 fully saturated rings. The quantitative estimate of drug-likeness (QED) is 0.863. The van der Waals surface area contributed by atoms with Crippen molar-refractivity contribution in [1.29, 1.82) is 0 Å². The van der Waals surface area contributed by atoms with Gasteiger partial charge in [-0.25, -0.2) is 4.79 Å². The summed E-state index contributed by atoms with van der Waals surface area (Å²) >= 11 is 12.0. The molecule has 4 nitrogen and oxygen atoms in total. The summed E-state index contributed by atoms with van der Waals surface area (Å²) in [4.78, 5) is 11.6. The number of benzene rings is 2. The fraction of sp³-hybridized carbons (Fsp3) is 0.133. The van der Waals surface area contributed by atoms with E-state index >= 15 is 0 Å². The van der Waals surface area contributed by atoms with E-state index in [2.05, 4.69) is 5.32 Å². The van der Waals surface area contributed by atoms with E-state index in [1.807, 2.05) is 0 Å². The Hall–Kier alpha value is -1.91. The Kier molecular flexibility index (Phi) is 4.94. The lowest BCUT2D eigenvalue weighted by Gasteiger charge is -2.19. The Morgan fingerprint density at radius 2 is 1.95 bits per heavy atom. The Balaban J connectivity index is 2.40. The fourth-order valence-corrected chi connectivity index (χ4v) is 2.33. The number of para-hydroxylation sites is 2. The average Bonchev–Trinajstić information content (AvgIpc) is 2.47. The van der Waals surface area contributed by atoms with E-state index in [1.165, 1.54) is 13.2 Å². The summed E-state index contributed by atoms with van der Waals surface area (Å²) in [5, 5.41) is 13.1. The average molecular weight is 326 g/mol. The smallest absolute Gasteiger partial charge is 0.330 e. The van der Waals surface area contributed by atoms with Crippen molar-refractivity contribution >= 4 is 34.9 Å². The van der Waals surface area contributed by atoms with Crippen molar-refractivity contribution in [3.63, 3.8) is 0 Å². The molecule has 110 valence electrons. The third-order valence-electron chi connectivity index (χ3n) is 2.92. The van der Waals surface area contributed by atoms with Crippen LogP contribution in [0.4, 0.5) is 5.69 Å². The van der Waals surface area contributed by atoms with E-state index in [1.54, 1.807) is 36.4 Å². The Morgan fingerprint density at radius 3 is 2.62 bits per heavy atom. The van der Waals surface area contributed by atoms with Crippen molar-refractivity contribution < 1.29 is 14.6 Å². The molecule has 0 saturated heterocycles. The number of anilines is 1. The first kappa shape index (κ1) is 15.5. The highest BCUT2D eigenvalue weighted by Crippen LogP contribution is 2.32. The first-order chi connectivity index (χ1) is 10.0. The van der Waals surface area contributed by atoms with E-state index < -0.39 is 12.0 Å². The van der Waals surface area contributed by atoms with Crippen molar-refractivity contribution in [2.75, 3.05) is 12.4 Å². The lowest BCUT2D eigenvalue weighted by atomic mass is 10.1. The van der Waals surface area contributed by atoms with Gasteiger partial charge in [-0.15, -0.1) is 0 Å². The first-order valence-electron chi connectivity index (χ1n) is 6.10. The topological polar surface area (TPSA) is 58.6 Å². The molecular formula is C15H13Cl2NO3. The van der Waals surface area contributed by atoms with Crippen LogP contribution in [-0.2, 0) is 4.79 Å². The second-order valence-corrected chi connectivity index (χ2v) is 5.13. The number of methoxy groups -OCH3 is 1. The van der Waals surface area contributed by atoms with Crippen LogP contribution in [0.1, 0.15) is 11.6 Å². The predicted octanol–water partition coefficient (Wildman–Crippen LogP) is 4.24. The number of aliphatic carboxylic acids is 1. The van der Waals surface area contributed by atoms with Gasteiger partial charge in [-0.3, -0.25) is 0 Å². The van der Waals surface area contributed by atoms with Crippen LogP contribution in [0.2, 0.25) is 10.0 Å². The largest absolute Gasteiger partial charge is 0.495 e. The molecule has 2 N–H and O–H groups in total. The summed E-state index contributed by atoms with van der Waals surface area (Å²) in [5.41, 5.74) is 0.950. The number of carboxylic acid groups (broad SMARTS) is 1. The van der Waals surface area contributed by atoms with Crippen molar-refractivity contribution in [1.82, 2.24) is 0 Å². The Labute approximate surface area is 132 Å². The number of hydrogen-bond donors (Lipinski definition) is 2. The molecule has 2 aromatic carbocycles. The van der Waals surface area contributed by atoms with Gasteiger partial charge in [0.05, 0.1) is 12.8 Å². The molecular weight excluding hydrogens is 313 g/mol. The van der Waals surface area contributed by atoms with Gasteiger partial charge in [0.25, 0.3) is 0 Å². The number of nitrogens with one attached hydrogen (secondary N) is 1. The molecule has 0 aliphatic heterocycles. The molecule has 1 atom stereocenters. The normalized spacial score (nSPS) is 11.8. The number of hydrogen-bond acceptors (Lipinski definition) is 3. The minimum atomic E-state index is -1.06. The standard InChI is InChI=1S/C15H13Cl2NO3/c1-21-13-5-3-2-4-12(13)18-14(15(19)20)10-8-9(16)6-7-11(10)17/h2-8,14,18H,1H3,(H,19,20). The maximum absolute atomic E-state index is 11.6. The van der Waals surface area contributed by atoms with E-state index in [4.69, 9.17) is 27.9 Å². The highest BCUT2D eigenvalue weighted by Gasteiger charge is 2.23. The molecule has 0 aliphatic rings. The Bertz CT molecular complexity index is 661. The first-order valence-corrected chi connectivity index (χ1v) is 6.86. The zero-order valence-electron chi connectivity index (χ0n) is 11.1. The monoisotopic (exact) mass is 325 g/mol. The summed E-state index contributed by atoms with van der Waals surface area (Å²) in [6, 6.07) is 10.7. The molecule has 0 bridgehead atoms. The van der Waals surface area contributed by atoms with Crippen molar-refractivity contribution in [3.8, 4) is 5.75 Å². The van der Waals surface area contributed by atoms with Gasteiger partial charge in [0.1, 0.15) is 5.75 Å². The van der Waals surface area contributed by atoms with Crippen molar-refractivity contribution in [3.05, 3.63) is 58.1 Å². The zero-order chi connectivity index (χ0) is 15.4. The fourth-order valence-electron chi connectivity index (χ4n) is 1.93. The van der Waals surface area contributed by atoms with Crippen molar-refractivity contribution in [2.24, 2.45) is 0 Å². The Morgan fingerprint density at radius 1 is 1.24 bits per heavy atom. The van der Waals surface area contributed by atoms with E-state index in [-0.39, 0.29) is 0 Å². The second kappa shape index (κ2) is 6.70. The van der Waals surface area contributed by atoms with Gasteiger partial charge in [-0.1, -0.05) is 35.3 Å². The molecule has 21 heavy (non-hydrogen) atoms. The number of halogens is 2. The van der Waals surface area contributed by atoms with Gasteiger partial charge in [0.15, 0.2) is 6.04 Å². The highest BCUT2D eigenvalue weighted by atomic mass is 35.5. The van der Waals surface area contributed by atoms with E-state index in [9.17, 15) is 9.90 Å². The van der Waals surface area contributed by atoms with Crippen LogP contribution in [0.3, 0.4) is 0 Å². The van der Waals surface area contributed by atoms with Crippen LogP contribution >= 0.6 is 23.2 Å². The zero-order valence-corrected chi connectivity index (χ0v) is 12.7. The second-order valence-electron chi connectivity index (χ2n) is 4.28. The summed E-state index contributed by atoms with van der Waals surface area (Å²) in [6.45, 7) is 0. The molecule has 1 unspecified atom stereocenters. The summed E-state index contributed by atoms with van der Waals surface area (Å²) in [6.07, 6.45) is 0. The van der Waals surface area contributed by atoms with Crippen LogP contribution in [0.25, 0.3) is 0 Å². The van der Waals surface area contributed by atoms with E-state index in [0.717, 1.165) is 0 Å². The molecule has 0 spiro atoms. The van der Waals surface area contributed by atoms with Crippen LogP contribution in [0, 0.1) is 0 Å². The molecule has 0 amide bonds. The van der Waals surface area contributed by atoms with Gasteiger partial charge in [-0.2, -0.15) is 0 Å². The van der Waals surface area contributed by atoms with Gasteiger partial charge >= 0.3 is 5.97 Å². The van der Waals surface area contributed by atoms with Gasteiger partial charge in [0.2, 0.25) is 0 Å². The molecule has 0 aliphatic carbocycles. The molecule has 2 rings (SSSR count). The third-order valence-corrected chi connectivity index (χ3v) is 3.50. The summed E-state index contributed by atoms with van der Waals surface area (Å²) < 4.78 is 5.20. The number of rotatable bonds is 5. The van der Waals surface area contributed by atoms with Crippen molar-refractivity contribution in [2.45, 2.75) is 6.04 Å². The van der Waals surface area contributed by atoms with Crippen LogP contribution < -0.4 is 10.1 Å². The minimum absolute atomic E-state index is 0.328. The highest BCUT2D eigenvalue weighted by molar-refractivity contribution is 6.33. The van der Waals surface area contributed by atoms with Gasteiger partial charge < -0.3 is 15.2 Å². The van der Waals surface area contributed by atoms with Crippen LogP contribution in [-0.4, -0.2) is 18.2 Å². The van der Waals surface area contributed by atoms with Crippen LogP contribution in [0.15, 0.2) is 42.5 Å². The molecule has 6 heteroatoms. The van der Waals surface area contributed by atoms with E-state index in [0.29, 0.717) is 27.0 Å². The lowest BCUT2D eigenvalue weighted by molar-refractivity contribution is -0.138. The third kappa shape index (κ3) is 3.60. The number of carbonyl (C=O) groups is 1. The SMILES string of the molecule is COc1ccccc1NC(C(=O)O)c1cc(Cl)ccc1Cl. The maximum Gasteiger partial charge on any atom is 0.330 e. The summed E-state index contributed by atoms with van der Waals surface area (Å²) in [7, 11) is 1.52. The summed E-state index contributed by atoms with van der Waals surface area (Å²) in [5.74, 6) is -0.521. The predicted molar refractivity (Wildman–Crippen MR) is 83.5 cm³/mol. The van der Waals surface area contributed by atoms with Crippen LogP contribution in [0.5, 0.6) is 5.75 Å². The maximum atomic E-state index is 11.6.